The molecular weight excluding hydrogens is 372 g/mol. The van der Waals surface area contributed by atoms with Gasteiger partial charge in [-0.3, -0.25) is 19.4 Å². The van der Waals surface area contributed by atoms with Gasteiger partial charge < -0.3 is 21.5 Å². The topological polar surface area (TPSA) is 134 Å². The molecule has 1 aliphatic carbocycles. The van der Waals surface area contributed by atoms with Gasteiger partial charge in [-0.05, 0) is 43.7 Å². The first-order chi connectivity index (χ1) is 14.0. The molecule has 0 radical (unpaired) electrons. The summed E-state index contributed by atoms with van der Waals surface area (Å²) >= 11 is 0. The van der Waals surface area contributed by atoms with E-state index in [0.29, 0.717) is 37.6 Å². The molecule has 0 saturated heterocycles. The van der Waals surface area contributed by atoms with Gasteiger partial charge in [-0.2, -0.15) is 0 Å². The van der Waals surface area contributed by atoms with E-state index in [1.54, 1.807) is 6.20 Å². The molecule has 2 aromatic rings. The molecule has 2 amide bonds. The quantitative estimate of drug-likeness (QED) is 0.531. The number of carboxylic acid groups (broad SMARTS) is 1. The Bertz CT molecular complexity index is 896. The van der Waals surface area contributed by atoms with Crippen LogP contribution in [0.25, 0.3) is 10.8 Å². The third kappa shape index (κ3) is 4.89. The lowest BCUT2D eigenvalue weighted by Crippen LogP contribution is -2.51. The fourth-order valence-corrected chi connectivity index (χ4v) is 3.83. The van der Waals surface area contributed by atoms with Crippen LogP contribution >= 0.6 is 0 Å². The maximum atomic E-state index is 12.9. The number of amides is 2. The maximum Gasteiger partial charge on any atom is 0.308 e. The number of benzene rings is 1. The van der Waals surface area contributed by atoms with Crippen molar-refractivity contribution in [2.45, 2.75) is 44.2 Å². The minimum atomic E-state index is -0.907. The lowest BCUT2D eigenvalue weighted by Gasteiger charge is -2.23. The summed E-state index contributed by atoms with van der Waals surface area (Å²) in [7, 11) is 0. The number of carboxylic acids is 1. The van der Waals surface area contributed by atoms with Gasteiger partial charge >= 0.3 is 5.97 Å². The second-order valence-corrected chi connectivity index (χ2v) is 7.33. The van der Waals surface area contributed by atoms with Crippen molar-refractivity contribution in [1.29, 1.82) is 0 Å². The Morgan fingerprint density at radius 2 is 2.00 bits per heavy atom. The summed E-state index contributed by atoms with van der Waals surface area (Å²) in [6, 6.07) is 7.99. The Kier molecular flexibility index (Phi) is 6.77. The van der Waals surface area contributed by atoms with E-state index in [9.17, 15) is 19.5 Å². The van der Waals surface area contributed by atoms with Crippen molar-refractivity contribution in [3.05, 3.63) is 42.2 Å². The Balaban J connectivity index is 1.75. The van der Waals surface area contributed by atoms with Crippen molar-refractivity contribution in [2.75, 3.05) is 6.54 Å². The first-order valence-electron chi connectivity index (χ1n) is 9.89. The van der Waals surface area contributed by atoms with Crippen molar-refractivity contribution in [3.8, 4) is 0 Å². The molecule has 1 fully saturated rings. The molecule has 5 N–H and O–H groups in total. The second-order valence-electron chi connectivity index (χ2n) is 7.33. The summed E-state index contributed by atoms with van der Waals surface area (Å²) in [4.78, 5) is 41.3. The molecule has 0 aliphatic heterocycles. The fraction of sp³-hybridized carbons (Fsp3) is 0.429. The summed E-state index contributed by atoms with van der Waals surface area (Å²) in [5.41, 5.74) is 5.83. The van der Waals surface area contributed by atoms with E-state index >= 15 is 0 Å². The largest absolute Gasteiger partial charge is 0.481 e. The van der Waals surface area contributed by atoms with Crippen LogP contribution in [0.2, 0.25) is 0 Å². The third-order valence-electron chi connectivity index (χ3n) is 5.37. The normalized spacial score (nSPS) is 19.6. The Hall–Kier alpha value is -3.00. The molecular formula is C21H26N4O4. The van der Waals surface area contributed by atoms with Crippen LogP contribution in [0.3, 0.4) is 0 Å². The van der Waals surface area contributed by atoms with E-state index < -0.39 is 29.9 Å². The number of aromatic nitrogens is 1. The number of nitrogens with one attached hydrogen (secondary N) is 2. The molecule has 3 unspecified atom stereocenters. The van der Waals surface area contributed by atoms with E-state index in [2.05, 4.69) is 15.6 Å². The molecule has 3 rings (SSSR count). The lowest BCUT2D eigenvalue weighted by atomic mass is 10.0. The van der Waals surface area contributed by atoms with Gasteiger partial charge in [0.2, 0.25) is 5.91 Å². The first kappa shape index (κ1) is 20.7. The molecule has 29 heavy (non-hydrogen) atoms. The number of hydrogen-bond donors (Lipinski definition) is 4. The fourth-order valence-electron chi connectivity index (χ4n) is 3.83. The second kappa shape index (κ2) is 9.47. The average Bonchev–Trinajstić information content (AvgIpc) is 3.18. The van der Waals surface area contributed by atoms with E-state index in [0.717, 1.165) is 11.8 Å². The van der Waals surface area contributed by atoms with E-state index in [-0.39, 0.29) is 11.6 Å². The van der Waals surface area contributed by atoms with Gasteiger partial charge in [-0.15, -0.1) is 0 Å². The standard InChI is InChI=1S/C21H26N4O4/c22-11-4-9-17(19(26)24-16-8-3-7-15(16)21(28)29)25-20(27)18-14-6-2-1-5-13(14)10-12-23-18/h1-2,5-6,10,12,15-17H,3-4,7-9,11,22H2,(H,24,26)(H,25,27)(H,28,29). The van der Waals surface area contributed by atoms with Crippen LogP contribution in [0.5, 0.6) is 0 Å². The van der Waals surface area contributed by atoms with E-state index in [1.807, 2.05) is 30.3 Å². The molecule has 8 nitrogen and oxygen atoms in total. The molecule has 1 saturated carbocycles. The van der Waals surface area contributed by atoms with E-state index in [1.165, 1.54) is 0 Å². The number of nitrogens with two attached hydrogens (primary N) is 1. The molecule has 1 aromatic heterocycles. The van der Waals surface area contributed by atoms with Gasteiger partial charge in [0.1, 0.15) is 11.7 Å². The molecule has 0 spiro atoms. The molecule has 3 atom stereocenters. The Morgan fingerprint density at radius 3 is 2.76 bits per heavy atom. The van der Waals surface area contributed by atoms with Gasteiger partial charge in [0.15, 0.2) is 0 Å². The van der Waals surface area contributed by atoms with Crippen molar-refractivity contribution < 1.29 is 19.5 Å². The summed E-state index contributed by atoms with van der Waals surface area (Å²) in [5, 5.41) is 16.5. The Labute approximate surface area is 168 Å². The first-order valence-corrected chi connectivity index (χ1v) is 9.89. The highest BCUT2D eigenvalue weighted by molar-refractivity contribution is 6.06. The minimum absolute atomic E-state index is 0.248. The number of carbonyl (C=O) groups excluding carboxylic acids is 2. The maximum absolute atomic E-state index is 12.9. The highest BCUT2D eigenvalue weighted by atomic mass is 16.4. The molecule has 1 aliphatic rings. The molecule has 1 heterocycles. The zero-order valence-electron chi connectivity index (χ0n) is 16.1. The van der Waals surface area contributed by atoms with Crippen LogP contribution in [0.15, 0.2) is 36.5 Å². The number of aliphatic carboxylic acids is 1. The number of rotatable bonds is 8. The van der Waals surface area contributed by atoms with Gasteiger partial charge in [0, 0.05) is 17.6 Å². The van der Waals surface area contributed by atoms with Crippen LogP contribution < -0.4 is 16.4 Å². The van der Waals surface area contributed by atoms with Crippen LogP contribution in [-0.2, 0) is 9.59 Å². The zero-order valence-corrected chi connectivity index (χ0v) is 16.1. The van der Waals surface area contributed by atoms with Gasteiger partial charge in [-0.1, -0.05) is 30.7 Å². The summed E-state index contributed by atoms with van der Waals surface area (Å²) in [5.74, 6) is -2.33. The SMILES string of the molecule is NCCCC(NC(=O)c1nccc2ccccc12)C(=O)NC1CCCC1C(=O)O. The van der Waals surface area contributed by atoms with Crippen LogP contribution in [0.1, 0.15) is 42.6 Å². The lowest BCUT2D eigenvalue weighted by molar-refractivity contribution is -0.142. The average molecular weight is 398 g/mol. The number of hydrogen-bond acceptors (Lipinski definition) is 5. The highest BCUT2D eigenvalue weighted by Gasteiger charge is 2.35. The Morgan fingerprint density at radius 1 is 1.21 bits per heavy atom. The highest BCUT2D eigenvalue weighted by Crippen LogP contribution is 2.26. The smallest absolute Gasteiger partial charge is 0.308 e. The summed E-state index contributed by atoms with van der Waals surface area (Å²) in [6.07, 6.45) is 4.38. The van der Waals surface area contributed by atoms with Crippen LogP contribution in [-0.4, -0.2) is 46.5 Å². The monoisotopic (exact) mass is 398 g/mol. The van der Waals surface area contributed by atoms with Gasteiger partial charge in [-0.25, -0.2) is 0 Å². The summed E-state index contributed by atoms with van der Waals surface area (Å²) in [6.45, 7) is 0.382. The van der Waals surface area contributed by atoms with Gasteiger partial charge in [0.25, 0.3) is 5.91 Å². The number of carbonyl (C=O) groups is 3. The minimum Gasteiger partial charge on any atom is -0.481 e. The summed E-state index contributed by atoms with van der Waals surface area (Å²) < 4.78 is 0. The van der Waals surface area contributed by atoms with Crippen LogP contribution in [0, 0.1) is 5.92 Å². The molecule has 0 bridgehead atoms. The number of nitrogens with zero attached hydrogens (tertiary/aromatic N) is 1. The van der Waals surface area contributed by atoms with Crippen molar-refractivity contribution in [2.24, 2.45) is 11.7 Å². The predicted molar refractivity (Wildman–Crippen MR) is 108 cm³/mol. The molecule has 154 valence electrons. The van der Waals surface area contributed by atoms with E-state index in [4.69, 9.17) is 5.73 Å². The van der Waals surface area contributed by atoms with Gasteiger partial charge in [0.05, 0.1) is 5.92 Å². The van der Waals surface area contributed by atoms with Crippen molar-refractivity contribution >= 4 is 28.6 Å². The predicted octanol–water partition coefficient (Wildman–Crippen LogP) is 1.44. The van der Waals surface area contributed by atoms with Crippen molar-refractivity contribution in [3.63, 3.8) is 0 Å². The number of fused-ring (bicyclic) bond motifs is 1. The van der Waals surface area contributed by atoms with Crippen molar-refractivity contribution in [1.82, 2.24) is 15.6 Å². The number of pyridine rings is 1. The zero-order chi connectivity index (χ0) is 20.8. The van der Waals surface area contributed by atoms with Crippen LogP contribution in [0.4, 0.5) is 0 Å². The third-order valence-corrected chi connectivity index (χ3v) is 5.37. The molecule has 8 heteroatoms. The molecule has 1 aromatic carbocycles.